The van der Waals surface area contributed by atoms with Gasteiger partial charge in [-0.25, -0.2) is 14.8 Å². The number of hydrogen-bond acceptors (Lipinski definition) is 4. The minimum atomic E-state index is -1.02. The van der Waals surface area contributed by atoms with Gasteiger partial charge in [-0.3, -0.25) is 0 Å². The molecular weight excluding hydrogens is 280 g/mol. The van der Waals surface area contributed by atoms with Crippen LogP contribution in [0.15, 0.2) is 42.7 Å². The van der Waals surface area contributed by atoms with Gasteiger partial charge in [0.25, 0.3) is 0 Å². The summed E-state index contributed by atoms with van der Waals surface area (Å²) < 4.78 is 5.58. The first kappa shape index (κ1) is 14.0. The van der Waals surface area contributed by atoms with Gasteiger partial charge in [0.2, 0.25) is 5.88 Å². The maximum absolute atomic E-state index is 11.2. The SMILES string of the molecule is CC=C(C(=O)O)c1ccccc1Oc1cc(Cl)ncn1. The summed E-state index contributed by atoms with van der Waals surface area (Å²) >= 11 is 5.75. The molecule has 0 aliphatic carbocycles. The average Bonchev–Trinajstić information content (AvgIpc) is 2.41. The second-order valence-electron chi connectivity index (χ2n) is 3.78. The quantitative estimate of drug-likeness (QED) is 0.690. The van der Waals surface area contributed by atoms with E-state index in [1.807, 2.05) is 0 Å². The van der Waals surface area contributed by atoms with E-state index in [4.69, 9.17) is 16.3 Å². The van der Waals surface area contributed by atoms with Crippen molar-refractivity contribution in [2.24, 2.45) is 0 Å². The third kappa shape index (κ3) is 3.13. The Labute approximate surface area is 120 Å². The van der Waals surface area contributed by atoms with Crippen molar-refractivity contribution in [3.05, 3.63) is 53.5 Å². The van der Waals surface area contributed by atoms with Crippen molar-refractivity contribution < 1.29 is 14.6 Å². The molecule has 0 unspecified atom stereocenters. The molecule has 0 saturated heterocycles. The molecule has 0 fully saturated rings. The first-order valence-electron chi connectivity index (χ1n) is 5.76. The van der Waals surface area contributed by atoms with Gasteiger partial charge in [-0.2, -0.15) is 0 Å². The number of allylic oxidation sites excluding steroid dienone is 1. The predicted molar refractivity (Wildman–Crippen MR) is 74.8 cm³/mol. The van der Waals surface area contributed by atoms with Crippen LogP contribution in [0.5, 0.6) is 11.6 Å². The van der Waals surface area contributed by atoms with Crippen LogP contribution in [0.3, 0.4) is 0 Å². The van der Waals surface area contributed by atoms with E-state index in [0.29, 0.717) is 11.3 Å². The van der Waals surface area contributed by atoms with Gasteiger partial charge in [0.05, 0.1) is 5.57 Å². The molecule has 0 saturated carbocycles. The number of carboxylic acids is 1. The van der Waals surface area contributed by atoms with Crippen LogP contribution in [0, 0.1) is 0 Å². The molecule has 20 heavy (non-hydrogen) atoms. The number of carboxylic acid groups (broad SMARTS) is 1. The van der Waals surface area contributed by atoms with Gasteiger partial charge in [0.15, 0.2) is 0 Å². The zero-order chi connectivity index (χ0) is 14.5. The van der Waals surface area contributed by atoms with Crippen LogP contribution >= 0.6 is 11.6 Å². The zero-order valence-electron chi connectivity index (χ0n) is 10.6. The Morgan fingerprint density at radius 1 is 1.35 bits per heavy atom. The number of rotatable bonds is 4. The Morgan fingerprint density at radius 3 is 2.75 bits per heavy atom. The van der Waals surface area contributed by atoms with E-state index in [2.05, 4.69) is 9.97 Å². The number of halogens is 1. The van der Waals surface area contributed by atoms with E-state index < -0.39 is 5.97 Å². The summed E-state index contributed by atoms with van der Waals surface area (Å²) in [7, 11) is 0. The Morgan fingerprint density at radius 2 is 2.10 bits per heavy atom. The Hall–Kier alpha value is -2.40. The molecule has 0 radical (unpaired) electrons. The smallest absolute Gasteiger partial charge is 0.336 e. The molecule has 1 N–H and O–H groups in total. The fourth-order valence-corrected chi connectivity index (χ4v) is 1.80. The fraction of sp³-hybridized carbons (Fsp3) is 0.0714. The highest BCUT2D eigenvalue weighted by Gasteiger charge is 2.15. The number of nitrogens with zero attached hydrogens (tertiary/aromatic N) is 2. The lowest BCUT2D eigenvalue weighted by Crippen LogP contribution is -2.01. The Balaban J connectivity index is 2.40. The molecule has 0 atom stereocenters. The highest BCUT2D eigenvalue weighted by molar-refractivity contribution is 6.29. The predicted octanol–water partition coefficient (Wildman–Crippen LogP) is 3.41. The topological polar surface area (TPSA) is 72.3 Å². The summed E-state index contributed by atoms with van der Waals surface area (Å²) in [6.45, 7) is 1.65. The molecule has 2 rings (SSSR count). The van der Waals surface area contributed by atoms with Gasteiger partial charge in [0, 0.05) is 11.6 Å². The molecule has 1 heterocycles. The lowest BCUT2D eigenvalue weighted by molar-refractivity contribution is -0.130. The Bertz CT molecular complexity index is 671. The van der Waals surface area contributed by atoms with Gasteiger partial charge in [-0.1, -0.05) is 35.9 Å². The number of hydrogen-bond donors (Lipinski definition) is 1. The second-order valence-corrected chi connectivity index (χ2v) is 4.17. The van der Waals surface area contributed by atoms with E-state index >= 15 is 0 Å². The maximum atomic E-state index is 11.2. The van der Waals surface area contributed by atoms with Crippen LogP contribution in [0.4, 0.5) is 0 Å². The highest BCUT2D eigenvalue weighted by Crippen LogP contribution is 2.29. The maximum Gasteiger partial charge on any atom is 0.336 e. The van der Waals surface area contributed by atoms with Crippen molar-refractivity contribution in [3.8, 4) is 11.6 Å². The van der Waals surface area contributed by atoms with Gasteiger partial charge in [0.1, 0.15) is 17.2 Å². The van der Waals surface area contributed by atoms with Crippen molar-refractivity contribution in [2.45, 2.75) is 6.92 Å². The van der Waals surface area contributed by atoms with Gasteiger partial charge in [-0.05, 0) is 13.0 Å². The summed E-state index contributed by atoms with van der Waals surface area (Å²) in [6.07, 6.45) is 2.78. The molecule has 0 bridgehead atoms. The molecule has 1 aromatic carbocycles. The monoisotopic (exact) mass is 290 g/mol. The molecule has 0 aliphatic heterocycles. The normalized spacial score (nSPS) is 11.2. The molecule has 5 nitrogen and oxygen atoms in total. The highest BCUT2D eigenvalue weighted by atomic mass is 35.5. The minimum absolute atomic E-state index is 0.153. The first-order valence-corrected chi connectivity index (χ1v) is 6.14. The van der Waals surface area contributed by atoms with Crippen LogP contribution in [-0.2, 0) is 4.79 Å². The summed E-state index contributed by atoms with van der Waals surface area (Å²) in [5, 5.41) is 9.44. The molecule has 2 aromatic rings. The van der Waals surface area contributed by atoms with Crippen LogP contribution in [0.1, 0.15) is 12.5 Å². The van der Waals surface area contributed by atoms with Crippen LogP contribution in [-0.4, -0.2) is 21.0 Å². The number of benzene rings is 1. The largest absolute Gasteiger partial charge is 0.478 e. The lowest BCUT2D eigenvalue weighted by atomic mass is 10.0. The van der Waals surface area contributed by atoms with E-state index in [1.165, 1.54) is 18.5 Å². The van der Waals surface area contributed by atoms with Crippen LogP contribution in [0.25, 0.3) is 5.57 Å². The first-order chi connectivity index (χ1) is 9.61. The summed E-state index contributed by atoms with van der Waals surface area (Å²) in [6, 6.07) is 8.27. The van der Waals surface area contributed by atoms with Crippen molar-refractivity contribution >= 4 is 23.1 Å². The summed E-state index contributed by atoms with van der Waals surface area (Å²) in [4.78, 5) is 18.9. The number of para-hydroxylation sites is 1. The minimum Gasteiger partial charge on any atom is -0.478 e. The van der Waals surface area contributed by atoms with E-state index in [-0.39, 0.29) is 16.6 Å². The van der Waals surface area contributed by atoms with Crippen molar-refractivity contribution in [3.63, 3.8) is 0 Å². The molecule has 102 valence electrons. The van der Waals surface area contributed by atoms with E-state index in [1.54, 1.807) is 31.2 Å². The third-order valence-electron chi connectivity index (χ3n) is 2.52. The van der Waals surface area contributed by atoms with E-state index in [0.717, 1.165) is 0 Å². The standard InChI is InChI=1S/C14H11ClN2O3/c1-2-9(14(18)19)10-5-3-4-6-11(10)20-13-7-12(15)16-8-17-13/h2-8H,1H3,(H,18,19). The number of carbonyl (C=O) groups is 1. The fourth-order valence-electron chi connectivity index (χ4n) is 1.66. The zero-order valence-corrected chi connectivity index (χ0v) is 11.3. The summed E-state index contributed by atoms with van der Waals surface area (Å²) in [5.74, 6) is -0.389. The molecular formula is C14H11ClN2O3. The third-order valence-corrected chi connectivity index (χ3v) is 2.73. The van der Waals surface area contributed by atoms with E-state index in [9.17, 15) is 9.90 Å². The van der Waals surface area contributed by atoms with Crippen molar-refractivity contribution in [2.75, 3.05) is 0 Å². The summed E-state index contributed by atoms with van der Waals surface area (Å²) in [5.41, 5.74) is 0.623. The molecule has 0 spiro atoms. The lowest BCUT2D eigenvalue weighted by Gasteiger charge is -2.10. The molecule has 6 heteroatoms. The van der Waals surface area contributed by atoms with Gasteiger partial charge < -0.3 is 9.84 Å². The van der Waals surface area contributed by atoms with Crippen LogP contribution in [0.2, 0.25) is 5.15 Å². The average molecular weight is 291 g/mol. The molecule has 0 amide bonds. The molecule has 0 aliphatic rings. The van der Waals surface area contributed by atoms with Crippen LogP contribution < -0.4 is 4.74 Å². The molecule has 1 aromatic heterocycles. The number of aromatic nitrogens is 2. The Kier molecular flexibility index (Phi) is 4.32. The number of aliphatic carboxylic acids is 1. The second kappa shape index (κ2) is 6.16. The number of ether oxygens (including phenoxy) is 1. The van der Waals surface area contributed by atoms with Gasteiger partial charge >= 0.3 is 5.97 Å². The van der Waals surface area contributed by atoms with Crippen molar-refractivity contribution in [1.29, 1.82) is 0 Å². The van der Waals surface area contributed by atoms with Crippen molar-refractivity contribution in [1.82, 2.24) is 9.97 Å². The van der Waals surface area contributed by atoms with Gasteiger partial charge in [-0.15, -0.1) is 0 Å².